The van der Waals surface area contributed by atoms with Crippen LogP contribution in [-0.4, -0.2) is 11.6 Å². The van der Waals surface area contributed by atoms with Gasteiger partial charge in [0.2, 0.25) is 0 Å². The van der Waals surface area contributed by atoms with E-state index in [4.69, 9.17) is 4.74 Å². The summed E-state index contributed by atoms with van der Waals surface area (Å²) in [7, 11) is 0. The first-order valence-electron chi connectivity index (χ1n) is 15.2. The minimum atomic E-state index is -0.450. The van der Waals surface area contributed by atoms with Crippen LogP contribution in [0.3, 0.4) is 0 Å². The van der Waals surface area contributed by atoms with Crippen LogP contribution in [0.15, 0.2) is 42.2 Å². The van der Waals surface area contributed by atoms with Crippen LogP contribution in [0.4, 0.5) is 4.39 Å². The van der Waals surface area contributed by atoms with E-state index in [9.17, 15) is 9.18 Å². The third-order valence-electron chi connectivity index (χ3n) is 11.8. The van der Waals surface area contributed by atoms with Crippen molar-refractivity contribution in [3.05, 3.63) is 47.8 Å². The molecule has 0 amide bonds. The molecule has 1 unspecified atom stereocenters. The van der Waals surface area contributed by atoms with Crippen LogP contribution in [-0.2, 0) is 4.74 Å². The number of carbonyl (C=O) groups excluding carboxylic acids is 1. The van der Waals surface area contributed by atoms with Crippen LogP contribution < -0.4 is 0 Å². The summed E-state index contributed by atoms with van der Waals surface area (Å²) in [6.45, 7) is 11.7. The summed E-state index contributed by atoms with van der Waals surface area (Å²) in [5.74, 6) is 4.34. The van der Waals surface area contributed by atoms with Crippen LogP contribution in [0.25, 0.3) is 0 Å². The Kier molecular flexibility index (Phi) is 7.40. The lowest BCUT2D eigenvalue weighted by Gasteiger charge is -2.60. The van der Waals surface area contributed by atoms with Crippen molar-refractivity contribution in [1.29, 1.82) is 0 Å². The maximum atomic E-state index is 14.1. The second-order valence-corrected chi connectivity index (χ2v) is 14.3. The van der Waals surface area contributed by atoms with Gasteiger partial charge in [-0.1, -0.05) is 45.4 Å². The predicted molar refractivity (Wildman–Crippen MR) is 149 cm³/mol. The number of benzene rings is 1. The highest BCUT2D eigenvalue weighted by molar-refractivity contribution is 5.89. The minimum absolute atomic E-state index is 0.148. The quantitative estimate of drug-likeness (QED) is 0.343. The van der Waals surface area contributed by atoms with Gasteiger partial charge in [0.05, 0.1) is 11.4 Å². The SMILES string of the molecule is C[C@H](CCCC(C)(C)OC(=O)c1ccccc1)[C@H]1CC[C@H]2[C@@H]3CCC4C=C(F)CC[C@]4(C)[C@H]3CC[C@]12C. The molecule has 1 aromatic rings. The molecule has 0 radical (unpaired) electrons. The summed E-state index contributed by atoms with van der Waals surface area (Å²) in [6.07, 6.45) is 14.9. The van der Waals surface area contributed by atoms with Gasteiger partial charge in [-0.15, -0.1) is 0 Å². The molecule has 0 spiro atoms. The maximum Gasteiger partial charge on any atom is 0.338 e. The first kappa shape index (κ1) is 26.9. The highest BCUT2D eigenvalue weighted by Crippen LogP contribution is 2.68. The van der Waals surface area contributed by atoms with Crippen LogP contribution >= 0.6 is 0 Å². The van der Waals surface area contributed by atoms with Crippen LogP contribution in [0.5, 0.6) is 0 Å². The Balaban J connectivity index is 1.17. The lowest BCUT2D eigenvalue weighted by Crippen LogP contribution is -2.52. The molecule has 37 heavy (non-hydrogen) atoms. The largest absolute Gasteiger partial charge is 0.456 e. The van der Waals surface area contributed by atoms with Gasteiger partial charge in [0.1, 0.15) is 5.60 Å². The average molecular weight is 509 g/mol. The summed E-state index contributed by atoms with van der Waals surface area (Å²) in [5, 5.41) is 0. The van der Waals surface area contributed by atoms with E-state index in [1.54, 1.807) is 0 Å². The second kappa shape index (κ2) is 10.2. The predicted octanol–water partition coefficient (Wildman–Crippen LogP) is 9.55. The number of carbonyl (C=O) groups is 1. The Labute approximate surface area is 224 Å². The molecular formula is C34H49FO2. The number of hydrogen-bond acceptors (Lipinski definition) is 2. The summed E-state index contributed by atoms with van der Waals surface area (Å²) < 4.78 is 20.0. The van der Waals surface area contributed by atoms with Gasteiger partial charge in [-0.3, -0.25) is 0 Å². The molecule has 4 aliphatic rings. The lowest BCUT2D eigenvalue weighted by molar-refractivity contribution is -0.0972. The molecule has 4 aliphatic carbocycles. The van der Waals surface area contributed by atoms with Crippen molar-refractivity contribution in [3.8, 4) is 0 Å². The third kappa shape index (κ3) is 5.06. The molecule has 0 N–H and O–H groups in total. The molecule has 0 aromatic heterocycles. The fraction of sp³-hybridized carbons (Fsp3) is 0.735. The van der Waals surface area contributed by atoms with Crippen molar-refractivity contribution in [3.63, 3.8) is 0 Å². The number of rotatable bonds is 7. The lowest BCUT2D eigenvalue weighted by atomic mass is 9.45. The number of halogens is 1. The van der Waals surface area contributed by atoms with Gasteiger partial charge in [-0.2, -0.15) is 0 Å². The van der Waals surface area contributed by atoms with E-state index >= 15 is 0 Å². The van der Waals surface area contributed by atoms with Crippen LogP contribution in [0, 0.1) is 46.3 Å². The molecule has 3 fully saturated rings. The summed E-state index contributed by atoms with van der Waals surface area (Å²) in [4.78, 5) is 12.6. The smallest absolute Gasteiger partial charge is 0.338 e. The zero-order valence-electron chi connectivity index (χ0n) is 23.9. The molecule has 0 saturated heterocycles. The minimum Gasteiger partial charge on any atom is -0.456 e. The molecular weight excluding hydrogens is 459 g/mol. The Morgan fingerprint density at radius 2 is 1.76 bits per heavy atom. The number of esters is 1. The van der Waals surface area contributed by atoms with Crippen molar-refractivity contribution < 1.29 is 13.9 Å². The number of hydrogen-bond donors (Lipinski definition) is 0. The zero-order chi connectivity index (χ0) is 26.4. The van der Waals surface area contributed by atoms with Gasteiger partial charge in [0.25, 0.3) is 0 Å². The Hall–Kier alpha value is -1.64. The van der Waals surface area contributed by atoms with Gasteiger partial charge in [-0.25, -0.2) is 9.18 Å². The van der Waals surface area contributed by atoms with Gasteiger partial charge in [0, 0.05) is 0 Å². The van der Waals surface area contributed by atoms with Crippen molar-refractivity contribution in [2.24, 2.45) is 46.3 Å². The van der Waals surface area contributed by atoms with E-state index in [1.165, 1.54) is 44.9 Å². The third-order valence-corrected chi connectivity index (χ3v) is 11.8. The van der Waals surface area contributed by atoms with Crippen molar-refractivity contribution in [1.82, 2.24) is 0 Å². The fourth-order valence-corrected chi connectivity index (χ4v) is 9.78. The summed E-state index contributed by atoms with van der Waals surface area (Å²) >= 11 is 0. The van der Waals surface area contributed by atoms with Crippen molar-refractivity contribution in [2.45, 2.75) is 111 Å². The molecule has 204 valence electrons. The number of fused-ring (bicyclic) bond motifs is 5. The topological polar surface area (TPSA) is 26.3 Å². The number of allylic oxidation sites excluding steroid dienone is 2. The molecule has 1 aromatic carbocycles. The normalized spacial score (nSPS) is 38.1. The molecule has 0 bridgehead atoms. The van der Waals surface area contributed by atoms with E-state index < -0.39 is 5.60 Å². The fourth-order valence-electron chi connectivity index (χ4n) is 9.78. The van der Waals surface area contributed by atoms with Crippen molar-refractivity contribution in [2.75, 3.05) is 0 Å². The van der Waals surface area contributed by atoms with Gasteiger partial charge in [-0.05, 0) is 143 Å². The summed E-state index contributed by atoms with van der Waals surface area (Å²) in [5.41, 5.74) is 0.942. The molecule has 3 heteroatoms. The number of ether oxygens (including phenoxy) is 1. The molecule has 2 nitrogen and oxygen atoms in total. The highest BCUT2D eigenvalue weighted by Gasteiger charge is 2.60. The molecule has 0 heterocycles. The van der Waals surface area contributed by atoms with Gasteiger partial charge in [0.15, 0.2) is 0 Å². The molecule has 0 aliphatic heterocycles. The van der Waals surface area contributed by atoms with Gasteiger partial charge < -0.3 is 4.74 Å². The second-order valence-electron chi connectivity index (χ2n) is 14.3. The zero-order valence-corrected chi connectivity index (χ0v) is 23.9. The van der Waals surface area contributed by atoms with Crippen LogP contribution in [0.1, 0.15) is 116 Å². The first-order valence-corrected chi connectivity index (χ1v) is 15.2. The highest BCUT2D eigenvalue weighted by atomic mass is 19.1. The Morgan fingerprint density at radius 3 is 2.51 bits per heavy atom. The molecule has 3 saturated carbocycles. The average Bonchev–Trinajstić information content (AvgIpc) is 3.22. The van der Waals surface area contributed by atoms with E-state index in [1.807, 2.05) is 36.4 Å². The maximum absolute atomic E-state index is 14.1. The van der Waals surface area contributed by atoms with E-state index in [0.29, 0.717) is 34.7 Å². The van der Waals surface area contributed by atoms with E-state index in [-0.39, 0.29) is 11.8 Å². The Morgan fingerprint density at radius 1 is 1.03 bits per heavy atom. The van der Waals surface area contributed by atoms with Gasteiger partial charge >= 0.3 is 5.97 Å². The monoisotopic (exact) mass is 508 g/mol. The molecule has 5 rings (SSSR count). The van der Waals surface area contributed by atoms with Crippen LogP contribution in [0.2, 0.25) is 0 Å². The van der Waals surface area contributed by atoms with E-state index in [0.717, 1.165) is 42.9 Å². The Bertz CT molecular complexity index is 998. The van der Waals surface area contributed by atoms with E-state index in [2.05, 4.69) is 34.6 Å². The summed E-state index contributed by atoms with van der Waals surface area (Å²) in [6, 6.07) is 9.33. The molecule has 8 atom stereocenters. The van der Waals surface area contributed by atoms with Crippen molar-refractivity contribution >= 4 is 5.97 Å². The first-order chi connectivity index (χ1) is 17.5. The standard InChI is InChI=1S/C34H49FO2/c1-23(10-9-19-32(2,3)37-31(36)24-11-7-6-8-12-24)28-15-16-29-27-14-13-25-22-26(35)17-20-33(25,4)30(27)18-21-34(28,29)5/h6-8,11-12,22-23,25,27-30H,9-10,13-21H2,1-5H3/t23-,25?,27+,28-,29+,30+,33+,34-/m1/s1.